The molecule has 1 aromatic carbocycles. The molecular weight excluding hydrogens is 262 g/mol. The molecule has 4 nitrogen and oxygen atoms in total. The molecule has 1 saturated carbocycles. The van der Waals surface area contributed by atoms with E-state index in [1.165, 1.54) is 0 Å². The summed E-state index contributed by atoms with van der Waals surface area (Å²) in [5.74, 6) is 1.50. The minimum Gasteiger partial charge on any atom is -0.490 e. The van der Waals surface area contributed by atoms with Gasteiger partial charge in [0.05, 0.1) is 16.8 Å². The van der Waals surface area contributed by atoms with Crippen LogP contribution in [-0.2, 0) is 9.84 Å². The molecule has 1 aromatic rings. The molecule has 1 aliphatic carbocycles. The van der Waals surface area contributed by atoms with E-state index in [4.69, 9.17) is 10.5 Å². The molecule has 2 rings (SSSR count). The third-order valence-electron chi connectivity index (χ3n) is 3.48. The fourth-order valence-electron chi connectivity index (χ4n) is 2.27. The van der Waals surface area contributed by atoms with E-state index >= 15 is 0 Å². The molecule has 0 spiro atoms. The lowest BCUT2D eigenvalue weighted by Crippen LogP contribution is -2.37. The molecule has 0 amide bonds. The lowest BCUT2D eigenvalue weighted by atomic mass is 9.82. The highest BCUT2D eigenvalue weighted by molar-refractivity contribution is 7.91. The van der Waals surface area contributed by atoms with Crippen molar-refractivity contribution in [2.75, 3.05) is 12.3 Å². The molecule has 0 heterocycles. The van der Waals surface area contributed by atoms with Gasteiger partial charge >= 0.3 is 0 Å². The summed E-state index contributed by atoms with van der Waals surface area (Å²) in [6, 6.07) is 6.72. The van der Waals surface area contributed by atoms with Gasteiger partial charge in [0.1, 0.15) is 5.75 Å². The lowest BCUT2D eigenvalue weighted by molar-refractivity contribution is 0.0690. The molecule has 0 saturated heterocycles. The summed E-state index contributed by atoms with van der Waals surface area (Å²) >= 11 is 0. The molecular formula is C14H21NO3S. The van der Waals surface area contributed by atoms with Gasteiger partial charge in [-0.15, -0.1) is 0 Å². The van der Waals surface area contributed by atoms with Crippen LogP contribution in [0.1, 0.15) is 26.2 Å². The van der Waals surface area contributed by atoms with E-state index in [9.17, 15) is 8.42 Å². The van der Waals surface area contributed by atoms with Crippen molar-refractivity contribution in [2.45, 2.75) is 37.2 Å². The largest absolute Gasteiger partial charge is 0.490 e. The van der Waals surface area contributed by atoms with Crippen LogP contribution in [-0.4, -0.2) is 26.8 Å². The highest BCUT2D eigenvalue weighted by atomic mass is 32.2. The lowest BCUT2D eigenvalue weighted by Gasteiger charge is -2.34. The Balaban J connectivity index is 1.96. The van der Waals surface area contributed by atoms with Crippen molar-refractivity contribution in [1.29, 1.82) is 0 Å². The Kier molecular flexibility index (Phi) is 4.47. The molecule has 0 bridgehead atoms. The molecule has 0 unspecified atom stereocenters. The van der Waals surface area contributed by atoms with Gasteiger partial charge in [0.2, 0.25) is 0 Å². The Morgan fingerprint density at radius 1 is 1.26 bits per heavy atom. The van der Waals surface area contributed by atoms with Gasteiger partial charge in [-0.05, 0) is 56.0 Å². The zero-order valence-electron chi connectivity index (χ0n) is 11.2. The number of nitrogens with two attached hydrogens (primary N) is 1. The number of benzene rings is 1. The highest BCUT2D eigenvalue weighted by Crippen LogP contribution is 2.30. The van der Waals surface area contributed by atoms with Crippen molar-refractivity contribution in [3.63, 3.8) is 0 Å². The van der Waals surface area contributed by atoms with Crippen molar-refractivity contribution in [3.05, 3.63) is 24.3 Å². The van der Waals surface area contributed by atoms with E-state index in [1.807, 2.05) is 6.92 Å². The van der Waals surface area contributed by atoms with Crippen molar-refractivity contribution in [3.8, 4) is 5.75 Å². The number of hydrogen-bond acceptors (Lipinski definition) is 4. The molecule has 0 radical (unpaired) electrons. The molecule has 0 aromatic heterocycles. The summed E-state index contributed by atoms with van der Waals surface area (Å²) in [5.41, 5.74) is 5.56. The minimum absolute atomic E-state index is 0.189. The first-order chi connectivity index (χ1) is 9.05. The second kappa shape index (κ2) is 5.92. The van der Waals surface area contributed by atoms with Crippen LogP contribution in [0.4, 0.5) is 0 Å². The van der Waals surface area contributed by atoms with E-state index in [-0.39, 0.29) is 11.9 Å². The number of ether oxygens (including phenoxy) is 1. The maximum Gasteiger partial charge on any atom is 0.178 e. The van der Waals surface area contributed by atoms with Gasteiger partial charge in [-0.2, -0.15) is 0 Å². The van der Waals surface area contributed by atoms with Crippen LogP contribution >= 0.6 is 0 Å². The van der Waals surface area contributed by atoms with E-state index in [0.29, 0.717) is 23.8 Å². The predicted molar refractivity (Wildman–Crippen MR) is 75.0 cm³/mol. The molecule has 19 heavy (non-hydrogen) atoms. The van der Waals surface area contributed by atoms with E-state index < -0.39 is 9.84 Å². The topological polar surface area (TPSA) is 69.4 Å². The monoisotopic (exact) mass is 283 g/mol. The normalized spacial score (nSPS) is 22.8. The molecule has 1 fully saturated rings. The third-order valence-corrected chi connectivity index (χ3v) is 5.42. The first-order valence-corrected chi connectivity index (χ1v) is 8.40. The minimum atomic E-state index is -3.13. The summed E-state index contributed by atoms with van der Waals surface area (Å²) < 4.78 is 29.5. The maximum atomic E-state index is 11.9. The van der Waals surface area contributed by atoms with Crippen LogP contribution in [0.2, 0.25) is 0 Å². The molecule has 0 aliphatic heterocycles. The van der Waals surface area contributed by atoms with Crippen LogP contribution in [0.5, 0.6) is 5.75 Å². The fraction of sp³-hybridized carbons (Fsp3) is 0.571. The molecule has 5 heteroatoms. The Morgan fingerprint density at radius 2 is 1.89 bits per heavy atom. The summed E-state index contributed by atoms with van der Waals surface area (Å²) in [7, 11) is -3.13. The van der Waals surface area contributed by atoms with Crippen LogP contribution in [0.3, 0.4) is 0 Å². The van der Waals surface area contributed by atoms with E-state index in [2.05, 4.69) is 0 Å². The highest BCUT2D eigenvalue weighted by Gasteiger charge is 2.29. The van der Waals surface area contributed by atoms with Crippen LogP contribution in [0.25, 0.3) is 0 Å². The first-order valence-electron chi connectivity index (χ1n) is 6.74. The summed E-state index contributed by atoms with van der Waals surface area (Å²) in [6.07, 6.45) is 2.84. The Bertz CT molecular complexity index is 504. The van der Waals surface area contributed by atoms with Crippen molar-refractivity contribution >= 4 is 9.84 Å². The molecule has 0 atom stereocenters. The Morgan fingerprint density at radius 3 is 2.42 bits per heavy atom. The number of hydrogen-bond donors (Lipinski definition) is 1. The summed E-state index contributed by atoms with van der Waals surface area (Å²) in [4.78, 5) is 0.371. The summed E-state index contributed by atoms with van der Waals surface area (Å²) in [5, 5.41) is 0. The molecule has 106 valence electrons. The zero-order valence-corrected chi connectivity index (χ0v) is 12.0. The van der Waals surface area contributed by atoms with Gasteiger partial charge in [-0.3, -0.25) is 0 Å². The maximum absolute atomic E-state index is 11.9. The zero-order chi connectivity index (χ0) is 13.9. The Labute approximate surface area is 114 Å². The quantitative estimate of drug-likeness (QED) is 0.866. The van der Waals surface area contributed by atoms with Crippen LogP contribution in [0, 0.1) is 5.92 Å². The van der Waals surface area contributed by atoms with Gasteiger partial charge in [0.15, 0.2) is 9.84 Å². The van der Waals surface area contributed by atoms with Crippen LogP contribution < -0.4 is 10.5 Å². The number of sulfone groups is 1. The van der Waals surface area contributed by atoms with Crippen LogP contribution in [0.15, 0.2) is 29.2 Å². The summed E-state index contributed by atoms with van der Waals surface area (Å²) in [6.45, 7) is 2.58. The first kappa shape index (κ1) is 14.3. The van der Waals surface area contributed by atoms with Gasteiger partial charge < -0.3 is 10.5 Å². The fourth-order valence-corrected chi connectivity index (χ4v) is 3.59. The second-order valence-corrected chi connectivity index (χ2v) is 7.21. The number of rotatable bonds is 6. The van der Waals surface area contributed by atoms with E-state index in [0.717, 1.165) is 18.6 Å². The Hall–Kier alpha value is -1.07. The smallest absolute Gasteiger partial charge is 0.178 e. The van der Waals surface area contributed by atoms with Crippen molar-refractivity contribution in [1.82, 2.24) is 0 Å². The van der Waals surface area contributed by atoms with Gasteiger partial charge in [0, 0.05) is 0 Å². The SMILES string of the molecule is CCCS(=O)(=O)c1ccc(OC2CC(CN)C2)cc1. The van der Waals surface area contributed by atoms with Crippen molar-refractivity contribution in [2.24, 2.45) is 11.7 Å². The van der Waals surface area contributed by atoms with Gasteiger partial charge in [-0.25, -0.2) is 8.42 Å². The van der Waals surface area contributed by atoms with E-state index in [1.54, 1.807) is 24.3 Å². The van der Waals surface area contributed by atoms with Crippen molar-refractivity contribution < 1.29 is 13.2 Å². The second-order valence-electron chi connectivity index (χ2n) is 5.10. The molecule has 2 N–H and O–H groups in total. The standard InChI is InChI=1S/C14H21NO3S/c1-2-7-19(16,17)14-5-3-12(4-6-14)18-13-8-11(9-13)10-15/h3-6,11,13H,2,7-10,15H2,1H3. The predicted octanol–water partition coefficient (Wildman–Crippen LogP) is 1.99. The average molecular weight is 283 g/mol. The third kappa shape index (κ3) is 3.48. The molecule has 1 aliphatic rings. The van der Waals surface area contributed by atoms with Gasteiger partial charge in [-0.1, -0.05) is 6.92 Å². The van der Waals surface area contributed by atoms with Gasteiger partial charge in [0.25, 0.3) is 0 Å². The average Bonchev–Trinajstić information content (AvgIpc) is 2.34.